The Kier molecular flexibility index (Phi) is 2.88. The molecule has 0 aliphatic heterocycles. The highest BCUT2D eigenvalue weighted by Crippen LogP contribution is 2.33. The molecule has 0 unspecified atom stereocenters. The summed E-state index contributed by atoms with van der Waals surface area (Å²) < 4.78 is 38.4. The zero-order chi connectivity index (χ0) is 11.7. The minimum Gasteiger partial charge on any atom is -0.505 e. The number of Topliss-reactive ketones (excluding diaryl/α,β-unsaturated/α-hetero) is 1. The van der Waals surface area contributed by atoms with Gasteiger partial charge in [0.05, 0.1) is 0 Å². The van der Waals surface area contributed by atoms with Crippen LogP contribution in [0.5, 0.6) is 5.75 Å². The number of phenolic OH excluding ortho intramolecular Hbond substituents is 1. The van der Waals surface area contributed by atoms with Crippen molar-refractivity contribution >= 4 is 11.5 Å². The molecular formula is C9H8F3NO2. The predicted molar refractivity (Wildman–Crippen MR) is 47.5 cm³/mol. The smallest absolute Gasteiger partial charge is 0.200 e. The number of alkyl halides is 1. The standard InChI is InChI=1S/C9H8F3NO2/c1-3-6(11)5(4(14)2-10)9(15)8(13)7(3)12/h15H,2,13H2,1H3. The molecule has 0 amide bonds. The average molecular weight is 219 g/mol. The highest BCUT2D eigenvalue weighted by atomic mass is 19.1. The van der Waals surface area contributed by atoms with Crippen LogP contribution in [0.25, 0.3) is 0 Å². The number of halogens is 3. The van der Waals surface area contributed by atoms with E-state index >= 15 is 0 Å². The van der Waals surface area contributed by atoms with Gasteiger partial charge in [-0.2, -0.15) is 0 Å². The largest absolute Gasteiger partial charge is 0.505 e. The van der Waals surface area contributed by atoms with Gasteiger partial charge in [0.1, 0.15) is 17.1 Å². The molecule has 82 valence electrons. The van der Waals surface area contributed by atoms with Gasteiger partial charge in [0, 0.05) is 5.56 Å². The Morgan fingerprint density at radius 1 is 1.40 bits per heavy atom. The van der Waals surface area contributed by atoms with E-state index in [0.717, 1.165) is 6.92 Å². The number of nitrogens with two attached hydrogens (primary N) is 1. The van der Waals surface area contributed by atoms with Gasteiger partial charge in [-0.1, -0.05) is 0 Å². The Balaban J connectivity index is 3.60. The van der Waals surface area contributed by atoms with Gasteiger partial charge >= 0.3 is 0 Å². The van der Waals surface area contributed by atoms with Gasteiger partial charge in [-0.25, -0.2) is 13.2 Å². The quantitative estimate of drug-likeness (QED) is 0.452. The highest BCUT2D eigenvalue weighted by molar-refractivity contribution is 6.01. The summed E-state index contributed by atoms with van der Waals surface area (Å²) in [5, 5.41) is 9.19. The van der Waals surface area contributed by atoms with Crippen LogP contribution in [-0.4, -0.2) is 17.6 Å². The third kappa shape index (κ3) is 1.62. The topological polar surface area (TPSA) is 63.3 Å². The van der Waals surface area contributed by atoms with Crippen LogP contribution >= 0.6 is 0 Å². The fraction of sp³-hybridized carbons (Fsp3) is 0.222. The van der Waals surface area contributed by atoms with Crippen molar-refractivity contribution in [3.05, 3.63) is 22.8 Å². The number of rotatable bonds is 2. The Hall–Kier alpha value is -1.72. The molecule has 6 heteroatoms. The molecule has 0 radical (unpaired) electrons. The van der Waals surface area contributed by atoms with Crippen molar-refractivity contribution in [2.75, 3.05) is 12.4 Å². The first-order valence-electron chi connectivity index (χ1n) is 3.97. The minimum atomic E-state index is -1.49. The number of carbonyl (C=O) groups is 1. The van der Waals surface area contributed by atoms with Crippen LogP contribution in [-0.2, 0) is 0 Å². The lowest BCUT2D eigenvalue weighted by Gasteiger charge is -2.10. The molecule has 0 spiro atoms. The maximum atomic E-state index is 13.3. The number of aromatic hydroxyl groups is 1. The number of ketones is 1. The van der Waals surface area contributed by atoms with Gasteiger partial charge in [0.15, 0.2) is 18.2 Å². The minimum absolute atomic E-state index is 0.526. The molecule has 0 saturated heterocycles. The summed E-state index contributed by atoms with van der Waals surface area (Å²) in [4.78, 5) is 10.9. The molecular weight excluding hydrogens is 211 g/mol. The molecule has 0 atom stereocenters. The van der Waals surface area contributed by atoms with Gasteiger partial charge in [0.2, 0.25) is 5.78 Å². The van der Waals surface area contributed by atoms with Gasteiger partial charge in [0.25, 0.3) is 0 Å². The zero-order valence-electron chi connectivity index (χ0n) is 7.77. The van der Waals surface area contributed by atoms with E-state index in [-0.39, 0.29) is 0 Å². The SMILES string of the molecule is Cc1c(F)c(N)c(O)c(C(=O)CF)c1F. The summed E-state index contributed by atoms with van der Waals surface area (Å²) in [6.07, 6.45) is 0. The molecule has 0 heterocycles. The second-order valence-electron chi connectivity index (χ2n) is 2.95. The van der Waals surface area contributed by atoms with Crippen molar-refractivity contribution in [1.29, 1.82) is 0 Å². The number of anilines is 1. The molecule has 0 fully saturated rings. The first-order chi connectivity index (χ1) is 6.91. The summed E-state index contributed by atoms with van der Waals surface area (Å²) in [6.45, 7) is -0.454. The Bertz CT molecular complexity index is 403. The lowest BCUT2D eigenvalue weighted by molar-refractivity contribution is 0.0951. The van der Waals surface area contributed by atoms with E-state index in [1.165, 1.54) is 0 Å². The van der Waals surface area contributed by atoms with Crippen LogP contribution in [0.2, 0.25) is 0 Å². The first kappa shape index (κ1) is 11.4. The molecule has 1 aromatic rings. The van der Waals surface area contributed by atoms with Crippen molar-refractivity contribution in [3.8, 4) is 5.75 Å². The molecule has 0 bridgehead atoms. The lowest BCUT2D eigenvalue weighted by atomic mass is 10.0. The highest BCUT2D eigenvalue weighted by Gasteiger charge is 2.24. The van der Waals surface area contributed by atoms with Crippen LogP contribution < -0.4 is 5.73 Å². The van der Waals surface area contributed by atoms with Crippen molar-refractivity contribution < 1.29 is 23.1 Å². The Morgan fingerprint density at radius 3 is 2.40 bits per heavy atom. The Labute approximate surface area is 83.3 Å². The number of hydrogen-bond acceptors (Lipinski definition) is 3. The van der Waals surface area contributed by atoms with Crippen LogP contribution in [0, 0.1) is 18.6 Å². The fourth-order valence-electron chi connectivity index (χ4n) is 1.15. The molecule has 0 aliphatic carbocycles. The fourth-order valence-corrected chi connectivity index (χ4v) is 1.15. The summed E-state index contributed by atoms with van der Waals surface area (Å²) in [5.74, 6) is -4.78. The molecule has 0 aromatic heterocycles. The normalized spacial score (nSPS) is 10.4. The third-order valence-corrected chi connectivity index (χ3v) is 2.01. The van der Waals surface area contributed by atoms with E-state index in [9.17, 15) is 23.1 Å². The molecule has 15 heavy (non-hydrogen) atoms. The van der Waals surface area contributed by atoms with E-state index in [1.54, 1.807) is 0 Å². The van der Waals surface area contributed by atoms with E-state index in [0.29, 0.717) is 0 Å². The van der Waals surface area contributed by atoms with Gasteiger partial charge in [-0.15, -0.1) is 0 Å². The van der Waals surface area contributed by atoms with Crippen molar-refractivity contribution in [2.24, 2.45) is 0 Å². The van der Waals surface area contributed by atoms with Gasteiger partial charge in [-0.05, 0) is 6.92 Å². The van der Waals surface area contributed by atoms with Crippen LogP contribution in [0.1, 0.15) is 15.9 Å². The average Bonchev–Trinajstić information content (AvgIpc) is 2.23. The maximum Gasteiger partial charge on any atom is 0.200 e. The van der Waals surface area contributed by atoms with Crippen LogP contribution in [0.4, 0.5) is 18.9 Å². The third-order valence-electron chi connectivity index (χ3n) is 2.01. The number of nitrogen functional groups attached to an aromatic ring is 1. The predicted octanol–water partition coefficient (Wildman–Crippen LogP) is 1.71. The van der Waals surface area contributed by atoms with Crippen LogP contribution in [0.15, 0.2) is 0 Å². The molecule has 0 aliphatic rings. The summed E-state index contributed by atoms with van der Waals surface area (Å²) in [5.41, 5.74) is 2.89. The Morgan fingerprint density at radius 2 is 1.93 bits per heavy atom. The molecule has 3 nitrogen and oxygen atoms in total. The molecule has 0 saturated carbocycles. The second-order valence-corrected chi connectivity index (χ2v) is 2.95. The van der Waals surface area contributed by atoms with Crippen molar-refractivity contribution in [2.45, 2.75) is 6.92 Å². The van der Waals surface area contributed by atoms with Gasteiger partial charge < -0.3 is 10.8 Å². The molecule has 3 N–H and O–H groups in total. The second kappa shape index (κ2) is 3.80. The number of hydrogen-bond donors (Lipinski definition) is 2. The van der Waals surface area contributed by atoms with Crippen molar-refractivity contribution in [1.82, 2.24) is 0 Å². The van der Waals surface area contributed by atoms with Crippen LogP contribution in [0.3, 0.4) is 0 Å². The maximum absolute atomic E-state index is 13.3. The van der Waals surface area contributed by atoms with Crippen molar-refractivity contribution in [3.63, 3.8) is 0 Å². The van der Waals surface area contributed by atoms with E-state index in [4.69, 9.17) is 5.73 Å². The van der Waals surface area contributed by atoms with E-state index < -0.39 is 46.7 Å². The van der Waals surface area contributed by atoms with E-state index in [2.05, 4.69) is 0 Å². The zero-order valence-corrected chi connectivity index (χ0v) is 7.77. The number of benzene rings is 1. The molecule has 1 aromatic carbocycles. The molecule has 1 rings (SSSR count). The monoisotopic (exact) mass is 219 g/mol. The first-order valence-corrected chi connectivity index (χ1v) is 3.97. The van der Waals surface area contributed by atoms with E-state index in [1.807, 2.05) is 0 Å². The number of carbonyl (C=O) groups excluding carboxylic acids is 1. The number of phenols is 1. The summed E-state index contributed by atoms with van der Waals surface area (Å²) in [7, 11) is 0. The summed E-state index contributed by atoms with van der Waals surface area (Å²) >= 11 is 0. The van der Waals surface area contributed by atoms with Gasteiger partial charge in [-0.3, -0.25) is 4.79 Å². The summed E-state index contributed by atoms with van der Waals surface area (Å²) in [6, 6.07) is 0. The lowest BCUT2D eigenvalue weighted by Crippen LogP contribution is -2.10.